The summed E-state index contributed by atoms with van der Waals surface area (Å²) in [5, 5.41) is 0. The van der Waals surface area contributed by atoms with Gasteiger partial charge in [-0.25, -0.2) is 0 Å². The van der Waals surface area contributed by atoms with Gasteiger partial charge in [0.15, 0.2) is 0 Å². The van der Waals surface area contributed by atoms with Gasteiger partial charge in [0.1, 0.15) is 0 Å². The van der Waals surface area contributed by atoms with Gasteiger partial charge in [0.2, 0.25) is 0 Å². The summed E-state index contributed by atoms with van der Waals surface area (Å²) in [6.45, 7) is 5.80. The number of methoxy groups -OCH3 is 1. The van der Waals surface area contributed by atoms with E-state index in [0.717, 1.165) is 12.8 Å². The van der Waals surface area contributed by atoms with Gasteiger partial charge in [-0.3, -0.25) is 0 Å². The predicted molar refractivity (Wildman–Crippen MR) is 44.5 cm³/mol. The van der Waals surface area contributed by atoms with Crippen LogP contribution in [0.5, 0.6) is 0 Å². The quantitative estimate of drug-likeness (QED) is 0.663. The molecule has 0 saturated carbocycles. The summed E-state index contributed by atoms with van der Waals surface area (Å²) in [6.07, 6.45) is 2.33. The molecule has 0 bridgehead atoms. The SMILES string of the molecule is C.C.[CH2-]CC(CC)OC.[Rf]. The van der Waals surface area contributed by atoms with Crippen LogP contribution in [-0.2, 0) is 4.74 Å². The molecule has 0 aromatic heterocycles. The molecule has 0 saturated heterocycles. The van der Waals surface area contributed by atoms with Gasteiger partial charge >= 0.3 is 0 Å². The molecule has 0 aromatic rings. The van der Waals surface area contributed by atoms with Crippen molar-refractivity contribution in [1.82, 2.24) is 0 Å². The third-order valence-corrected chi connectivity index (χ3v) is 1.11. The third kappa shape index (κ3) is 10.0. The van der Waals surface area contributed by atoms with Crippen molar-refractivity contribution in [2.75, 3.05) is 7.11 Å². The average molecular weight is 400 g/mol. The van der Waals surface area contributed by atoms with Gasteiger partial charge in [0.05, 0.1) is 0 Å². The van der Waals surface area contributed by atoms with Gasteiger partial charge in [-0.15, -0.1) is 0 Å². The van der Waals surface area contributed by atoms with Gasteiger partial charge < -0.3 is 11.7 Å². The van der Waals surface area contributed by atoms with Crippen LogP contribution in [0, 0.1) is 6.92 Å². The maximum absolute atomic E-state index is 4.99. The van der Waals surface area contributed by atoms with Gasteiger partial charge in [0.25, 0.3) is 0 Å². The van der Waals surface area contributed by atoms with E-state index in [0.29, 0.717) is 6.10 Å². The number of ether oxygens (including phenoxy) is 1. The van der Waals surface area contributed by atoms with Crippen LogP contribution in [0.4, 0.5) is 0 Å². The average Bonchev–Trinajstić information content (AvgIpc) is 1.72. The Hall–Kier alpha value is -1.04. The predicted octanol–water partition coefficient (Wildman–Crippen LogP) is 2.91. The monoisotopic (exact) mass is 400 g/mol. The van der Waals surface area contributed by atoms with Gasteiger partial charge in [-0.2, -0.15) is 6.42 Å². The fraction of sp³-hybridized carbons (Fsp3) is 0.875. The van der Waals surface area contributed by atoms with E-state index in [9.17, 15) is 0 Å². The summed E-state index contributed by atoms with van der Waals surface area (Å²) >= 11 is 0. The van der Waals surface area contributed by atoms with Crippen molar-refractivity contribution in [2.24, 2.45) is 0 Å². The molecule has 0 radical (unpaired) electrons. The minimum atomic E-state index is 0. The van der Waals surface area contributed by atoms with Crippen molar-refractivity contribution in [3.05, 3.63) is 6.92 Å². The molecule has 0 aromatic carbocycles. The summed E-state index contributed by atoms with van der Waals surface area (Å²) in [6, 6.07) is 0. The van der Waals surface area contributed by atoms with Crippen molar-refractivity contribution in [2.45, 2.75) is 40.7 Å². The van der Waals surface area contributed by atoms with Gasteiger partial charge in [0, 0.05) is 13.2 Å². The van der Waals surface area contributed by atoms with E-state index in [1.54, 1.807) is 7.11 Å². The molecule has 0 aliphatic rings. The van der Waals surface area contributed by atoms with Crippen LogP contribution in [0.3, 0.4) is 0 Å². The topological polar surface area (TPSA) is 9.23 Å². The first kappa shape index (κ1) is 23.1. The second-order valence-electron chi connectivity index (χ2n) is 1.55. The second-order valence-corrected chi connectivity index (χ2v) is 1.55. The van der Waals surface area contributed by atoms with E-state index in [4.69, 9.17) is 4.74 Å². The Morgan fingerprint density at radius 2 is 1.80 bits per heavy atom. The zero-order valence-electron chi connectivity index (χ0n) is 5.81. The van der Waals surface area contributed by atoms with Crippen molar-refractivity contribution in [3.8, 4) is 0 Å². The summed E-state index contributed by atoms with van der Waals surface area (Å²) in [7, 11) is 1.72. The van der Waals surface area contributed by atoms with E-state index in [2.05, 4.69) is 13.8 Å². The van der Waals surface area contributed by atoms with Crippen LogP contribution in [-0.4, -0.2) is 13.2 Å². The minimum absolute atomic E-state index is 0. The summed E-state index contributed by atoms with van der Waals surface area (Å²) < 4.78 is 4.99. The molecule has 0 rings (SSSR count). The van der Waals surface area contributed by atoms with Crippen LogP contribution in [0.15, 0.2) is 0 Å². The fourth-order valence-electron chi connectivity index (χ4n) is 0.489. The molecule has 1 nitrogen and oxygen atoms in total. The summed E-state index contributed by atoms with van der Waals surface area (Å²) in [4.78, 5) is 0. The Kier molecular flexibility index (Phi) is 36.2. The smallest absolute Gasteiger partial charge is 0.0357 e. The first-order valence-electron chi connectivity index (χ1n) is 2.67. The largest absolute Gasteiger partial charge is 0.384 e. The van der Waals surface area contributed by atoms with Crippen molar-refractivity contribution in [3.63, 3.8) is 0 Å². The molecular formula is C8H21ORf-. The number of rotatable bonds is 3. The van der Waals surface area contributed by atoms with E-state index in [1.165, 1.54) is 0 Å². The van der Waals surface area contributed by atoms with Crippen LogP contribution in [0.1, 0.15) is 34.6 Å². The Morgan fingerprint density at radius 3 is 1.80 bits per heavy atom. The van der Waals surface area contributed by atoms with Crippen molar-refractivity contribution in [1.29, 1.82) is 0 Å². The Bertz CT molecular complexity index is 30.7. The molecule has 62 valence electrons. The molecule has 0 amide bonds. The zero-order chi connectivity index (χ0) is 5.70. The van der Waals surface area contributed by atoms with Crippen LogP contribution in [0.25, 0.3) is 0 Å². The Morgan fingerprint density at radius 1 is 1.40 bits per heavy atom. The first-order valence-corrected chi connectivity index (χ1v) is 2.67. The molecule has 0 fully saturated rings. The van der Waals surface area contributed by atoms with E-state index in [1.807, 2.05) is 0 Å². The molecule has 0 N–H and O–H groups in total. The van der Waals surface area contributed by atoms with Crippen molar-refractivity contribution < 1.29 is 4.74 Å². The molecule has 2 heteroatoms. The van der Waals surface area contributed by atoms with Crippen LogP contribution < -0.4 is 0 Å². The molecular weight excluding hydrogens is 379 g/mol. The third-order valence-electron chi connectivity index (χ3n) is 1.11. The molecule has 0 aliphatic carbocycles. The van der Waals surface area contributed by atoms with Gasteiger partial charge in [-0.05, 0) is 6.42 Å². The zero-order valence-corrected chi connectivity index (χ0v) is 12.2. The number of hydrogen-bond acceptors (Lipinski definition) is 1. The van der Waals surface area contributed by atoms with Crippen LogP contribution in [0.2, 0.25) is 0 Å². The first-order chi connectivity index (χ1) is 3.35. The molecule has 1 atom stereocenters. The molecule has 0 spiro atoms. The summed E-state index contributed by atoms with van der Waals surface area (Å²) in [5.41, 5.74) is 0. The molecule has 0 heterocycles. The van der Waals surface area contributed by atoms with E-state index < -0.39 is 0 Å². The summed E-state index contributed by atoms with van der Waals surface area (Å²) in [5.74, 6) is 0. The molecule has 1 unspecified atom stereocenters. The van der Waals surface area contributed by atoms with E-state index >= 15 is 0 Å². The Balaban J connectivity index is -0.0000000600. The second kappa shape index (κ2) is 15.7. The maximum Gasteiger partial charge on any atom is 0.0357 e. The minimum Gasteiger partial charge on any atom is -0.384 e. The van der Waals surface area contributed by atoms with Gasteiger partial charge in [-0.1, -0.05) is 21.8 Å². The number of hydrogen-bond donors (Lipinski definition) is 0. The Labute approximate surface area is 60.4 Å². The molecule has 10 heavy (non-hydrogen) atoms. The normalized spacial score (nSPS) is 9.90. The standard InChI is InChI=1S/C6H13O.2CH4.Rf/c1-4-6(5-2)7-3;;;/h6H,1,4-5H2,2-3H3;2*1H4;/q-1;;;. The fourth-order valence-corrected chi connectivity index (χ4v) is 0.489. The van der Waals surface area contributed by atoms with Crippen molar-refractivity contribution >= 4 is 0 Å². The van der Waals surface area contributed by atoms with Crippen LogP contribution >= 0.6 is 0 Å². The molecule has 0 aliphatic heterocycles. The van der Waals surface area contributed by atoms with E-state index in [-0.39, 0.29) is 14.9 Å². The maximum atomic E-state index is 4.99.